The van der Waals surface area contributed by atoms with E-state index < -0.39 is 0 Å². The quantitative estimate of drug-likeness (QED) is 0.855. The Labute approximate surface area is 117 Å². The molecule has 5 heteroatoms. The van der Waals surface area contributed by atoms with Crippen molar-refractivity contribution in [2.75, 3.05) is 0 Å². The summed E-state index contributed by atoms with van der Waals surface area (Å²) in [6.07, 6.45) is 0. The molecular weight excluding hydrogens is 266 g/mol. The Balaban J connectivity index is 2.50. The van der Waals surface area contributed by atoms with Gasteiger partial charge in [0.25, 0.3) is 0 Å². The summed E-state index contributed by atoms with van der Waals surface area (Å²) >= 11 is 11.3. The lowest BCUT2D eigenvalue weighted by molar-refractivity contribution is 0.521. The van der Waals surface area contributed by atoms with Crippen LogP contribution >= 0.6 is 23.8 Å². The SMILES string of the molecule is Cc1cc(-c2n[nH]c(=S)n2CC(C)C)ccc1Cl. The average Bonchev–Trinajstić information content (AvgIpc) is 2.64. The summed E-state index contributed by atoms with van der Waals surface area (Å²) in [4.78, 5) is 0. The third kappa shape index (κ3) is 2.65. The fourth-order valence-electron chi connectivity index (χ4n) is 1.86. The number of aromatic amines is 1. The number of hydrogen-bond donors (Lipinski definition) is 1. The van der Waals surface area contributed by atoms with Crippen molar-refractivity contribution in [3.8, 4) is 11.4 Å². The maximum absolute atomic E-state index is 6.04. The maximum atomic E-state index is 6.04. The second-order valence-corrected chi connectivity index (χ2v) is 5.61. The van der Waals surface area contributed by atoms with Gasteiger partial charge < -0.3 is 0 Å². The van der Waals surface area contributed by atoms with Crippen molar-refractivity contribution in [3.05, 3.63) is 33.6 Å². The van der Waals surface area contributed by atoms with Crippen LogP contribution in [0.4, 0.5) is 0 Å². The van der Waals surface area contributed by atoms with Crippen molar-refractivity contribution < 1.29 is 0 Å². The van der Waals surface area contributed by atoms with Crippen molar-refractivity contribution in [2.24, 2.45) is 5.92 Å². The molecule has 0 aliphatic rings. The molecule has 0 aliphatic heterocycles. The molecule has 96 valence electrons. The number of nitrogens with one attached hydrogen (secondary N) is 1. The number of halogens is 1. The molecule has 0 bridgehead atoms. The molecule has 1 heterocycles. The molecule has 18 heavy (non-hydrogen) atoms. The Hall–Kier alpha value is -1.13. The first-order chi connectivity index (χ1) is 8.49. The van der Waals surface area contributed by atoms with Crippen LogP contribution in [-0.4, -0.2) is 14.8 Å². The molecule has 0 amide bonds. The van der Waals surface area contributed by atoms with E-state index in [0.29, 0.717) is 10.7 Å². The highest BCUT2D eigenvalue weighted by Gasteiger charge is 2.10. The van der Waals surface area contributed by atoms with E-state index in [1.165, 1.54) is 0 Å². The Kier molecular flexibility index (Phi) is 3.88. The van der Waals surface area contributed by atoms with E-state index >= 15 is 0 Å². The van der Waals surface area contributed by atoms with Gasteiger partial charge in [0.2, 0.25) is 0 Å². The minimum atomic E-state index is 0.515. The molecule has 0 radical (unpaired) electrons. The van der Waals surface area contributed by atoms with Gasteiger partial charge in [0.1, 0.15) is 0 Å². The zero-order valence-corrected chi connectivity index (χ0v) is 12.3. The van der Waals surface area contributed by atoms with Gasteiger partial charge in [-0.25, -0.2) is 0 Å². The van der Waals surface area contributed by atoms with Gasteiger partial charge in [-0.15, -0.1) is 0 Å². The minimum absolute atomic E-state index is 0.515. The molecular formula is C13H16ClN3S. The molecule has 1 aromatic heterocycles. The monoisotopic (exact) mass is 281 g/mol. The van der Waals surface area contributed by atoms with Gasteiger partial charge in [-0.2, -0.15) is 5.10 Å². The molecule has 0 atom stereocenters. The average molecular weight is 282 g/mol. The summed E-state index contributed by atoms with van der Waals surface area (Å²) in [7, 11) is 0. The maximum Gasteiger partial charge on any atom is 0.195 e. The van der Waals surface area contributed by atoms with E-state index in [1.54, 1.807) is 0 Å². The van der Waals surface area contributed by atoms with Crippen LogP contribution in [0.2, 0.25) is 5.02 Å². The fraction of sp³-hybridized carbons (Fsp3) is 0.385. The molecule has 0 fully saturated rings. The molecule has 0 aliphatic carbocycles. The Morgan fingerprint density at radius 3 is 2.78 bits per heavy atom. The molecule has 1 N–H and O–H groups in total. The van der Waals surface area contributed by atoms with Crippen molar-refractivity contribution >= 4 is 23.8 Å². The predicted molar refractivity (Wildman–Crippen MR) is 77.4 cm³/mol. The molecule has 0 saturated heterocycles. The second kappa shape index (κ2) is 5.24. The largest absolute Gasteiger partial charge is 0.300 e. The Morgan fingerprint density at radius 1 is 1.44 bits per heavy atom. The summed E-state index contributed by atoms with van der Waals surface area (Å²) in [6, 6.07) is 5.89. The number of rotatable bonds is 3. The highest BCUT2D eigenvalue weighted by molar-refractivity contribution is 7.71. The van der Waals surface area contributed by atoms with Crippen LogP contribution < -0.4 is 0 Å². The van der Waals surface area contributed by atoms with E-state index in [-0.39, 0.29) is 0 Å². The minimum Gasteiger partial charge on any atom is -0.300 e. The lowest BCUT2D eigenvalue weighted by atomic mass is 10.1. The first-order valence-corrected chi connectivity index (χ1v) is 6.69. The van der Waals surface area contributed by atoms with Crippen LogP contribution in [0, 0.1) is 17.6 Å². The highest BCUT2D eigenvalue weighted by Crippen LogP contribution is 2.24. The van der Waals surface area contributed by atoms with Gasteiger partial charge in [-0.05, 0) is 48.8 Å². The number of hydrogen-bond acceptors (Lipinski definition) is 2. The number of aromatic nitrogens is 3. The van der Waals surface area contributed by atoms with Crippen LogP contribution in [0.3, 0.4) is 0 Å². The molecule has 0 saturated carbocycles. The normalized spacial score (nSPS) is 11.2. The van der Waals surface area contributed by atoms with Crippen molar-refractivity contribution in [3.63, 3.8) is 0 Å². The van der Waals surface area contributed by atoms with Gasteiger partial charge in [0.15, 0.2) is 10.6 Å². The van der Waals surface area contributed by atoms with Gasteiger partial charge in [-0.3, -0.25) is 9.67 Å². The van der Waals surface area contributed by atoms with Gasteiger partial charge in [-0.1, -0.05) is 25.4 Å². The van der Waals surface area contributed by atoms with Crippen molar-refractivity contribution in [1.82, 2.24) is 14.8 Å². The standard InChI is InChI=1S/C13H16ClN3S/c1-8(2)7-17-12(15-16-13(17)18)10-4-5-11(14)9(3)6-10/h4-6,8H,7H2,1-3H3,(H,16,18). The van der Waals surface area contributed by atoms with Crippen molar-refractivity contribution in [1.29, 1.82) is 0 Å². The Bertz CT molecular complexity index is 613. The second-order valence-electron chi connectivity index (χ2n) is 4.82. The summed E-state index contributed by atoms with van der Waals surface area (Å²) in [6.45, 7) is 7.16. The van der Waals surface area contributed by atoms with E-state index in [9.17, 15) is 0 Å². The molecule has 3 nitrogen and oxygen atoms in total. The Morgan fingerprint density at radius 2 is 2.17 bits per heavy atom. The smallest absolute Gasteiger partial charge is 0.195 e. The first-order valence-electron chi connectivity index (χ1n) is 5.90. The van der Waals surface area contributed by atoms with E-state index in [0.717, 1.165) is 28.5 Å². The van der Waals surface area contributed by atoms with E-state index in [2.05, 4.69) is 24.0 Å². The molecule has 2 aromatic rings. The van der Waals surface area contributed by atoms with Crippen LogP contribution in [0.5, 0.6) is 0 Å². The van der Waals surface area contributed by atoms with Crippen LogP contribution in [0.1, 0.15) is 19.4 Å². The summed E-state index contributed by atoms with van der Waals surface area (Å²) in [5.41, 5.74) is 2.07. The summed E-state index contributed by atoms with van der Waals surface area (Å²) in [5.74, 6) is 1.38. The van der Waals surface area contributed by atoms with Crippen molar-refractivity contribution in [2.45, 2.75) is 27.3 Å². The number of nitrogens with zero attached hydrogens (tertiary/aromatic N) is 2. The van der Waals surface area contributed by atoms with Crippen LogP contribution in [0.25, 0.3) is 11.4 Å². The molecule has 1 aromatic carbocycles. The number of benzene rings is 1. The van der Waals surface area contributed by atoms with Gasteiger partial charge in [0.05, 0.1) is 0 Å². The summed E-state index contributed by atoms with van der Waals surface area (Å²) < 4.78 is 2.69. The summed E-state index contributed by atoms with van der Waals surface area (Å²) in [5, 5.41) is 7.94. The van der Waals surface area contributed by atoms with Gasteiger partial charge in [0, 0.05) is 17.1 Å². The molecule has 0 unspecified atom stereocenters. The third-order valence-electron chi connectivity index (χ3n) is 2.72. The van der Waals surface area contributed by atoms with Gasteiger partial charge >= 0.3 is 0 Å². The topological polar surface area (TPSA) is 33.6 Å². The third-order valence-corrected chi connectivity index (χ3v) is 3.46. The lowest BCUT2D eigenvalue weighted by Gasteiger charge is -2.10. The zero-order chi connectivity index (χ0) is 13.3. The number of H-pyrrole nitrogens is 1. The molecule has 0 spiro atoms. The fourth-order valence-corrected chi connectivity index (χ4v) is 2.18. The first kappa shape index (κ1) is 13.3. The zero-order valence-electron chi connectivity index (χ0n) is 10.7. The molecule has 2 rings (SSSR count). The number of aryl methyl sites for hydroxylation is 1. The lowest BCUT2D eigenvalue weighted by Crippen LogP contribution is -2.06. The highest BCUT2D eigenvalue weighted by atomic mass is 35.5. The predicted octanol–water partition coefficient (Wildman–Crippen LogP) is 4.23. The van der Waals surface area contributed by atoms with Crippen LogP contribution in [-0.2, 0) is 6.54 Å². The van der Waals surface area contributed by atoms with E-state index in [1.807, 2.05) is 29.7 Å². The van der Waals surface area contributed by atoms with Crippen LogP contribution in [0.15, 0.2) is 18.2 Å². The van der Waals surface area contributed by atoms with E-state index in [4.69, 9.17) is 23.8 Å².